The molecule has 5 nitrogen and oxygen atoms in total. The highest BCUT2D eigenvalue weighted by Gasteiger charge is 2.23. The molecule has 0 bridgehead atoms. The summed E-state index contributed by atoms with van der Waals surface area (Å²) < 4.78 is 0. The Kier molecular flexibility index (Phi) is 7.78. The Balaban J connectivity index is 4.34. The van der Waals surface area contributed by atoms with Gasteiger partial charge in [-0.3, -0.25) is 9.59 Å². The second-order valence-corrected chi connectivity index (χ2v) is 4.14. The number of carbonyl (C=O) groups is 2. The van der Waals surface area contributed by atoms with Crippen LogP contribution in [0, 0.1) is 11.3 Å². The summed E-state index contributed by atoms with van der Waals surface area (Å²) in [5, 5.41) is 10.6. The van der Waals surface area contributed by atoms with E-state index < -0.39 is 11.8 Å². The molecule has 1 N–H and O–H groups in total. The Bertz CT molecular complexity index is 295. The molecular weight excluding hydrogens is 218 g/mol. The quantitative estimate of drug-likeness (QED) is 0.428. The maximum atomic E-state index is 11.8. The van der Waals surface area contributed by atoms with Gasteiger partial charge in [-0.25, -0.2) is 0 Å². The van der Waals surface area contributed by atoms with E-state index >= 15 is 0 Å². The Morgan fingerprint density at radius 2 is 2.00 bits per heavy atom. The molecule has 0 unspecified atom stereocenters. The number of nitrogens with one attached hydrogen (secondary N) is 1. The molecule has 0 aliphatic heterocycles. The highest BCUT2D eigenvalue weighted by molar-refractivity contribution is 6.35. The molecule has 0 aromatic carbocycles. The van der Waals surface area contributed by atoms with Gasteiger partial charge < -0.3 is 10.2 Å². The van der Waals surface area contributed by atoms with Gasteiger partial charge in [-0.05, 0) is 20.3 Å². The fourth-order valence-electron chi connectivity index (χ4n) is 1.45. The largest absolute Gasteiger partial charge is 0.335 e. The standard InChI is InChI=1S/C12H21N3O2/c1-4-5-6-9-15(10(2)3)12(17)11(16)14-8-7-13/h10H,4-6,8-9H2,1-3H3,(H,14,16). The molecule has 0 rings (SSSR count). The van der Waals surface area contributed by atoms with E-state index in [-0.39, 0.29) is 12.6 Å². The van der Waals surface area contributed by atoms with Crippen LogP contribution in [0.1, 0.15) is 40.0 Å². The van der Waals surface area contributed by atoms with Crippen molar-refractivity contribution in [2.24, 2.45) is 0 Å². The molecule has 0 aromatic heterocycles. The highest BCUT2D eigenvalue weighted by atomic mass is 16.2. The molecule has 0 atom stereocenters. The van der Waals surface area contributed by atoms with E-state index in [0.717, 1.165) is 19.3 Å². The average Bonchev–Trinajstić information content (AvgIpc) is 2.30. The summed E-state index contributed by atoms with van der Waals surface area (Å²) in [7, 11) is 0. The first kappa shape index (κ1) is 15.4. The second-order valence-electron chi connectivity index (χ2n) is 4.14. The van der Waals surface area contributed by atoms with Crippen molar-refractivity contribution < 1.29 is 9.59 Å². The minimum atomic E-state index is -0.697. The third kappa shape index (κ3) is 5.91. The molecule has 0 aliphatic rings. The monoisotopic (exact) mass is 239 g/mol. The van der Waals surface area contributed by atoms with E-state index in [2.05, 4.69) is 12.2 Å². The lowest BCUT2D eigenvalue weighted by atomic mass is 10.2. The van der Waals surface area contributed by atoms with Crippen molar-refractivity contribution >= 4 is 11.8 Å². The van der Waals surface area contributed by atoms with Gasteiger partial charge in [0.15, 0.2) is 0 Å². The molecule has 0 saturated heterocycles. The van der Waals surface area contributed by atoms with Crippen molar-refractivity contribution in [2.45, 2.75) is 46.1 Å². The molecule has 17 heavy (non-hydrogen) atoms. The lowest BCUT2D eigenvalue weighted by molar-refractivity contribution is -0.146. The molecule has 0 aromatic rings. The van der Waals surface area contributed by atoms with Gasteiger partial charge in [-0.2, -0.15) is 5.26 Å². The van der Waals surface area contributed by atoms with E-state index in [1.807, 2.05) is 13.8 Å². The van der Waals surface area contributed by atoms with Crippen LogP contribution in [-0.2, 0) is 9.59 Å². The number of hydrogen-bond acceptors (Lipinski definition) is 3. The molecule has 0 saturated carbocycles. The summed E-state index contributed by atoms with van der Waals surface area (Å²) in [6.07, 6.45) is 3.00. The normalized spacial score (nSPS) is 9.82. The lowest BCUT2D eigenvalue weighted by Gasteiger charge is -2.25. The van der Waals surface area contributed by atoms with Gasteiger partial charge in [0.25, 0.3) is 0 Å². The molecule has 96 valence electrons. The SMILES string of the molecule is CCCCCN(C(=O)C(=O)NCC#N)C(C)C. The first-order valence-corrected chi connectivity index (χ1v) is 6.00. The van der Waals surface area contributed by atoms with Crippen LogP contribution in [0.2, 0.25) is 0 Å². The van der Waals surface area contributed by atoms with E-state index in [4.69, 9.17) is 5.26 Å². The molecule has 2 amide bonds. The minimum absolute atomic E-state index is 0.00723. The predicted molar refractivity (Wildman–Crippen MR) is 65.0 cm³/mol. The van der Waals surface area contributed by atoms with Gasteiger partial charge in [0.2, 0.25) is 0 Å². The summed E-state index contributed by atoms with van der Waals surface area (Å²) in [5.41, 5.74) is 0. The molecule has 0 fully saturated rings. The molecule has 0 heterocycles. The van der Waals surface area contributed by atoms with Gasteiger partial charge in [0, 0.05) is 12.6 Å². The third-order valence-electron chi connectivity index (χ3n) is 2.41. The lowest BCUT2D eigenvalue weighted by Crippen LogP contribution is -2.46. The van der Waals surface area contributed by atoms with Gasteiger partial charge >= 0.3 is 11.8 Å². The van der Waals surface area contributed by atoms with E-state index in [1.165, 1.54) is 0 Å². The van der Waals surface area contributed by atoms with Crippen LogP contribution >= 0.6 is 0 Å². The smallest absolute Gasteiger partial charge is 0.312 e. The van der Waals surface area contributed by atoms with E-state index in [1.54, 1.807) is 11.0 Å². The maximum absolute atomic E-state index is 11.8. The molecule has 0 aliphatic carbocycles. The van der Waals surface area contributed by atoms with Crippen LogP contribution < -0.4 is 5.32 Å². The van der Waals surface area contributed by atoms with Crippen molar-refractivity contribution in [3.8, 4) is 6.07 Å². The number of carbonyl (C=O) groups excluding carboxylic acids is 2. The fourth-order valence-corrected chi connectivity index (χ4v) is 1.45. The summed E-state index contributed by atoms with van der Waals surface area (Å²) >= 11 is 0. The van der Waals surface area contributed by atoms with E-state index in [9.17, 15) is 9.59 Å². The predicted octanol–water partition coefficient (Wildman–Crippen LogP) is 1.05. The topological polar surface area (TPSA) is 73.2 Å². The Morgan fingerprint density at radius 3 is 2.47 bits per heavy atom. The Labute approximate surface area is 103 Å². The minimum Gasteiger partial charge on any atom is -0.335 e. The zero-order chi connectivity index (χ0) is 13.3. The van der Waals surface area contributed by atoms with Crippen LogP contribution in [-0.4, -0.2) is 35.8 Å². The summed E-state index contributed by atoms with van der Waals surface area (Å²) in [5.74, 6) is -1.25. The van der Waals surface area contributed by atoms with Crippen LogP contribution in [0.5, 0.6) is 0 Å². The Morgan fingerprint density at radius 1 is 1.35 bits per heavy atom. The second kappa shape index (κ2) is 8.57. The number of unbranched alkanes of at least 4 members (excludes halogenated alkanes) is 2. The van der Waals surface area contributed by atoms with Gasteiger partial charge in [-0.1, -0.05) is 19.8 Å². The third-order valence-corrected chi connectivity index (χ3v) is 2.41. The fraction of sp³-hybridized carbons (Fsp3) is 0.750. The highest BCUT2D eigenvalue weighted by Crippen LogP contribution is 2.04. The number of nitrogens with zero attached hydrogens (tertiary/aromatic N) is 2. The molecule has 5 heteroatoms. The molecular formula is C12H21N3O2. The van der Waals surface area contributed by atoms with Crippen LogP contribution in [0.15, 0.2) is 0 Å². The number of nitriles is 1. The first-order chi connectivity index (χ1) is 8.04. The van der Waals surface area contributed by atoms with Gasteiger partial charge in [0.05, 0.1) is 6.07 Å². The average molecular weight is 239 g/mol. The van der Waals surface area contributed by atoms with Crippen molar-refractivity contribution in [1.29, 1.82) is 5.26 Å². The summed E-state index contributed by atoms with van der Waals surface area (Å²) in [6.45, 7) is 6.29. The van der Waals surface area contributed by atoms with Crippen molar-refractivity contribution in [3.05, 3.63) is 0 Å². The molecule has 0 spiro atoms. The van der Waals surface area contributed by atoms with Crippen molar-refractivity contribution in [3.63, 3.8) is 0 Å². The first-order valence-electron chi connectivity index (χ1n) is 6.00. The van der Waals surface area contributed by atoms with Crippen molar-refractivity contribution in [1.82, 2.24) is 10.2 Å². The van der Waals surface area contributed by atoms with Gasteiger partial charge in [-0.15, -0.1) is 0 Å². The number of amides is 2. The number of hydrogen-bond donors (Lipinski definition) is 1. The molecule has 0 radical (unpaired) electrons. The Hall–Kier alpha value is -1.57. The summed E-state index contributed by atoms with van der Waals surface area (Å²) in [4.78, 5) is 24.8. The number of rotatable bonds is 6. The zero-order valence-electron chi connectivity index (χ0n) is 10.8. The summed E-state index contributed by atoms with van der Waals surface area (Å²) in [6, 6.07) is 1.76. The van der Waals surface area contributed by atoms with E-state index in [0.29, 0.717) is 6.54 Å². The van der Waals surface area contributed by atoms with Crippen LogP contribution in [0.3, 0.4) is 0 Å². The van der Waals surface area contributed by atoms with Gasteiger partial charge in [0.1, 0.15) is 6.54 Å². The zero-order valence-corrected chi connectivity index (χ0v) is 10.8. The van der Waals surface area contributed by atoms with Crippen LogP contribution in [0.25, 0.3) is 0 Å². The van der Waals surface area contributed by atoms with Crippen LogP contribution in [0.4, 0.5) is 0 Å². The maximum Gasteiger partial charge on any atom is 0.312 e. The van der Waals surface area contributed by atoms with Crippen molar-refractivity contribution in [2.75, 3.05) is 13.1 Å².